The number of nitrogens with one attached hydrogen (secondary N) is 3. The average Bonchev–Trinajstić information content (AvgIpc) is 2.96. The number of carbonyl (C=O) groups is 3. The van der Waals surface area contributed by atoms with Crippen molar-refractivity contribution >= 4 is 17.8 Å². The number of hydrogen-bond donors (Lipinski definition) is 3. The second-order valence-corrected chi connectivity index (χ2v) is 7.62. The van der Waals surface area contributed by atoms with Crippen LogP contribution in [0.4, 0.5) is 4.79 Å². The van der Waals surface area contributed by atoms with E-state index in [0.29, 0.717) is 13.0 Å². The molecule has 2 heterocycles. The summed E-state index contributed by atoms with van der Waals surface area (Å²) < 4.78 is 0. The molecule has 7 nitrogen and oxygen atoms in total. The van der Waals surface area contributed by atoms with E-state index >= 15 is 0 Å². The van der Waals surface area contributed by atoms with Gasteiger partial charge in [0.1, 0.15) is 12.1 Å². The van der Waals surface area contributed by atoms with Gasteiger partial charge >= 0.3 is 6.03 Å². The van der Waals surface area contributed by atoms with Crippen molar-refractivity contribution in [2.24, 2.45) is 5.92 Å². The Balaban J connectivity index is 1.55. The Morgan fingerprint density at radius 2 is 1.79 bits per heavy atom. The van der Waals surface area contributed by atoms with E-state index < -0.39 is 12.1 Å². The van der Waals surface area contributed by atoms with Gasteiger partial charge in [0.25, 0.3) is 0 Å². The maximum Gasteiger partial charge on any atom is 0.315 e. The van der Waals surface area contributed by atoms with E-state index in [1.54, 1.807) is 4.90 Å². The highest BCUT2D eigenvalue weighted by molar-refractivity contribution is 5.97. The summed E-state index contributed by atoms with van der Waals surface area (Å²) in [6, 6.07) is -1.01. The minimum absolute atomic E-state index is 0.0356. The molecule has 0 spiro atoms. The number of carbonyl (C=O) groups excluding carboxylic acids is 3. The van der Waals surface area contributed by atoms with E-state index in [0.717, 1.165) is 25.7 Å². The van der Waals surface area contributed by atoms with Crippen molar-refractivity contribution in [3.05, 3.63) is 0 Å². The van der Waals surface area contributed by atoms with Crippen LogP contribution < -0.4 is 16.0 Å². The normalized spacial score (nSPS) is 31.0. The van der Waals surface area contributed by atoms with Crippen molar-refractivity contribution < 1.29 is 14.4 Å². The van der Waals surface area contributed by atoms with Crippen LogP contribution in [0.2, 0.25) is 0 Å². The standard InChI is InChI=1S/C17H28N4O3/c1-10(2)14-16(23)21-9-12(8-13(21)15(22)20-14)19-17(24)18-11-6-4-3-5-7-11/h10-14H,3-9H2,1-2H3,(H,20,22)(H2,18,19,24)/t12-,13-,14+/m0/s1. The highest BCUT2D eigenvalue weighted by Gasteiger charge is 2.47. The summed E-state index contributed by atoms with van der Waals surface area (Å²) in [6.07, 6.45) is 6.12. The molecule has 3 N–H and O–H groups in total. The minimum atomic E-state index is -0.455. The van der Waals surface area contributed by atoms with Crippen molar-refractivity contribution in [3.8, 4) is 0 Å². The quantitative estimate of drug-likeness (QED) is 0.710. The van der Waals surface area contributed by atoms with Crippen LogP contribution in [0.25, 0.3) is 0 Å². The number of amides is 4. The van der Waals surface area contributed by atoms with Crippen LogP contribution in [0, 0.1) is 5.92 Å². The third-order valence-corrected chi connectivity index (χ3v) is 5.39. The van der Waals surface area contributed by atoms with E-state index in [-0.39, 0.29) is 35.8 Å². The third kappa shape index (κ3) is 3.49. The fraction of sp³-hybridized carbons (Fsp3) is 0.824. The van der Waals surface area contributed by atoms with Crippen LogP contribution in [0.3, 0.4) is 0 Å². The fourth-order valence-corrected chi connectivity index (χ4v) is 4.03. The molecule has 3 fully saturated rings. The van der Waals surface area contributed by atoms with Crippen molar-refractivity contribution in [3.63, 3.8) is 0 Å². The molecule has 0 unspecified atom stereocenters. The second-order valence-electron chi connectivity index (χ2n) is 7.62. The van der Waals surface area contributed by atoms with Gasteiger partial charge in [0, 0.05) is 12.6 Å². The summed E-state index contributed by atoms with van der Waals surface area (Å²) >= 11 is 0. The van der Waals surface area contributed by atoms with E-state index in [2.05, 4.69) is 16.0 Å². The lowest BCUT2D eigenvalue weighted by molar-refractivity contribution is -0.148. The first-order chi connectivity index (χ1) is 11.5. The maximum atomic E-state index is 12.5. The Bertz CT molecular complexity index is 516. The number of urea groups is 1. The van der Waals surface area contributed by atoms with E-state index in [9.17, 15) is 14.4 Å². The van der Waals surface area contributed by atoms with Crippen LogP contribution in [0.15, 0.2) is 0 Å². The van der Waals surface area contributed by atoms with Gasteiger partial charge in [-0.25, -0.2) is 4.79 Å². The van der Waals surface area contributed by atoms with Crippen LogP contribution >= 0.6 is 0 Å². The molecule has 2 aliphatic heterocycles. The fourth-order valence-electron chi connectivity index (χ4n) is 4.03. The van der Waals surface area contributed by atoms with Gasteiger partial charge in [-0.3, -0.25) is 9.59 Å². The first-order valence-corrected chi connectivity index (χ1v) is 9.13. The van der Waals surface area contributed by atoms with Crippen LogP contribution in [-0.2, 0) is 9.59 Å². The zero-order valence-corrected chi connectivity index (χ0v) is 14.5. The monoisotopic (exact) mass is 336 g/mol. The molecule has 0 aromatic rings. The summed E-state index contributed by atoms with van der Waals surface area (Å²) in [5.41, 5.74) is 0. The van der Waals surface area contributed by atoms with Crippen molar-refractivity contribution in [2.75, 3.05) is 6.54 Å². The first kappa shape index (κ1) is 17.0. The van der Waals surface area contributed by atoms with Gasteiger partial charge in [-0.2, -0.15) is 0 Å². The number of rotatable bonds is 3. The van der Waals surface area contributed by atoms with Gasteiger partial charge in [0.2, 0.25) is 11.8 Å². The lowest BCUT2D eigenvalue weighted by Gasteiger charge is -2.36. The summed E-state index contributed by atoms with van der Waals surface area (Å²) in [5.74, 6) is -0.0825. The summed E-state index contributed by atoms with van der Waals surface area (Å²) in [7, 11) is 0. The Kier molecular flexibility index (Phi) is 4.96. The Morgan fingerprint density at radius 3 is 2.46 bits per heavy atom. The number of hydrogen-bond acceptors (Lipinski definition) is 3. The molecule has 0 aromatic carbocycles. The molecule has 1 aliphatic carbocycles. The summed E-state index contributed by atoms with van der Waals surface area (Å²) in [5, 5.41) is 8.78. The number of fused-ring (bicyclic) bond motifs is 1. The highest BCUT2D eigenvalue weighted by atomic mass is 16.2. The van der Waals surface area contributed by atoms with Crippen LogP contribution in [-0.4, -0.2) is 53.5 Å². The molecule has 4 amide bonds. The molecule has 3 aliphatic rings. The van der Waals surface area contributed by atoms with E-state index in [1.807, 2.05) is 13.8 Å². The van der Waals surface area contributed by atoms with Crippen LogP contribution in [0.1, 0.15) is 52.4 Å². The van der Waals surface area contributed by atoms with Gasteiger partial charge in [-0.1, -0.05) is 33.1 Å². The Labute approximate surface area is 142 Å². The molecule has 2 saturated heterocycles. The van der Waals surface area contributed by atoms with E-state index in [4.69, 9.17) is 0 Å². The van der Waals surface area contributed by atoms with E-state index in [1.165, 1.54) is 6.42 Å². The van der Waals surface area contributed by atoms with Crippen molar-refractivity contribution in [1.82, 2.24) is 20.9 Å². The molecule has 7 heteroatoms. The molecule has 0 bridgehead atoms. The lowest BCUT2D eigenvalue weighted by Crippen LogP contribution is -2.62. The predicted octanol–water partition coefficient (Wildman–Crippen LogP) is 0.742. The summed E-state index contributed by atoms with van der Waals surface area (Å²) in [4.78, 5) is 38.6. The zero-order valence-electron chi connectivity index (χ0n) is 14.5. The average molecular weight is 336 g/mol. The maximum absolute atomic E-state index is 12.5. The predicted molar refractivity (Wildman–Crippen MR) is 89.2 cm³/mol. The summed E-state index contributed by atoms with van der Waals surface area (Å²) in [6.45, 7) is 4.26. The molecular formula is C17H28N4O3. The largest absolute Gasteiger partial charge is 0.342 e. The first-order valence-electron chi connectivity index (χ1n) is 9.13. The number of piperazine rings is 1. The Hall–Kier alpha value is -1.79. The van der Waals surface area contributed by atoms with Gasteiger partial charge < -0.3 is 20.9 Å². The molecule has 0 radical (unpaired) electrons. The molecule has 3 atom stereocenters. The number of nitrogens with zero attached hydrogens (tertiary/aromatic N) is 1. The van der Waals surface area contributed by atoms with Crippen molar-refractivity contribution in [1.29, 1.82) is 0 Å². The van der Waals surface area contributed by atoms with Gasteiger partial charge in [0.15, 0.2) is 0 Å². The molecule has 134 valence electrons. The minimum Gasteiger partial charge on any atom is -0.342 e. The molecule has 24 heavy (non-hydrogen) atoms. The molecule has 1 saturated carbocycles. The molecular weight excluding hydrogens is 308 g/mol. The van der Waals surface area contributed by atoms with Gasteiger partial charge in [-0.15, -0.1) is 0 Å². The zero-order chi connectivity index (χ0) is 17.3. The van der Waals surface area contributed by atoms with Crippen LogP contribution in [0.5, 0.6) is 0 Å². The Morgan fingerprint density at radius 1 is 1.12 bits per heavy atom. The highest BCUT2D eigenvalue weighted by Crippen LogP contribution is 2.25. The molecule has 3 rings (SSSR count). The van der Waals surface area contributed by atoms with Gasteiger partial charge in [-0.05, 0) is 25.2 Å². The lowest BCUT2D eigenvalue weighted by atomic mass is 9.96. The smallest absolute Gasteiger partial charge is 0.315 e. The second kappa shape index (κ2) is 6.99. The van der Waals surface area contributed by atoms with Crippen molar-refractivity contribution in [2.45, 2.75) is 76.5 Å². The third-order valence-electron chi connectivity index (χ3n) is 5.39. The molecule has 0 aromatic heterocycles. The topological polar surface area (TPSA) is 90.5 Å². The van der Waals surface area contributed by atoms with Gasteiger partial charge in [0.05, 0.1) is 6.04 Å². The SMILES string of the molecule is CC(C)[C@H]1NC(=O)[C@@H]2C[C@H](NC(=O)NC3CCCCC3)CN2C1=O.